The summed E-state index contributed by atoms with van der Waals surface area (Å²) < 4.78 is 0. The molecular weight excluding hydrogens is 248 g/mol. The second-order valence-corrected chi connectivity index (χ2v) is 5.19. The van der Waals surface area contributed by atoms with E-state index in [1.165, 1.54) is 11.3 Å². The van der Waals surface area contributed by atoms with Gasteiger partial charge in [-0.25, -0.2) is 0 Å². The number of amides is 1. The van der Waals surface area contributed by atoms with Gasteiger partial charge >= 0.3 is 0 Å². The predicted molar refractivity (Wildman–Crippen MR) is 73.9 cm³/mol. The van der Waals surface area contributed by atoms with Crippen LogP contribution in [0.15, 0.2) is 0 Å². The number of rotatable bonds is 3. The van der Waals surface area contributed by atoms with Gasteiger partial charge in [0.1, 0.15) is 9.71 Å². The SMILES string of the molecule is CCCNC(=O)c1sc2nnc(C)c(C)c2c1N. The third-order valence-electron chi connectivity index (χ3n) is 2.88. The lowest BCUT2D eigenvalue weighted by molar-refractivity contribution is 0.0958. The lowest BCUT2D eigenvalue weighted by Crippen LogP contribution is -2.23. The highest BCUT2D eigenvalue weighted by Crippen LogP contribution is 2.34. The summed E-state index contributed by atoms with van der Waals surface area (Å²) in [5, 5.41) is 11.8. The Bertz CT molecular complexity index is 606. The molecule has 0 saturated heterocycles. The molecule has 18 heavy (non-hydrogen) atoms. The third-order valence-corrected chi connectivity index (χ3v) is 3.97. The molecule has 2 aromatic rings. The fourth-order valence-electron chi connectivity index (χ4n) is 1.73. The number of hydrogen-bond acceptors (Lipinski definition) is 5. The summed E-state index contributed by atoms with van der Waals surface area (Å²) in [6, 6.07) is 0. The topological polar surface area (TPSA) is 80.9 Å². The molecule has 0 aromatic carbocycles. The molecule has 1 amide bonds. The second-order valence-electron chi connectivity index (χ2n) is 4.19. The summed E-state index contributed by atoms with van der Waals surface area (Å²) in [6.07, 6.45) is 0.897. The Kier molecular flexibility index (Phi) is 3.47. The number of aromatic nitrogens is 2. The molecular formula is C12H16N4OS. The highest BCUT2D eigenvalue weighted by Gasteiger charge is 2.19. The van der Waals surface area contributed by atoms with Crippen LogP contribution < -0.4 is 11.1 Å². The van der Waals surface area contributed by atoms with Crippen molar-refractivity contribution in [3.8, 4) is 0 Å². The van der Waals surface area contributed by atoms with E-state index in [9.17, 15) is 4.79 Å². The maximum absolute atomic E-state index is 12.0. The van der Waals surface area contributed by atoms with E-state index in [-0.39, 0.29) is 5.91 Å². The van der Waals surface area contributed by atoms with Crippen LogP contribution in [0, 0.1) is 13.8 Å². The zero-order chi connectivity index (χ0) is 13.3. The van der Waals surface area contributed by atoms with Crippen LogP contribution in [0.2, 0.25) is 0 Å². The van der Waals surface area contributed by atoms with Gasteiger partial charge in [0.25, 0.3) is 5.91 Å². The molecule has 2 rings (SSSR count). The molecule has 2 heterocycles. The van der Waals surface area contributed by atoms with Crippen molar-refractivity contribution in [2.75, 3.05) is 12.3 Å². The zero-order valence-corrected chi connectivity index (χ0v) is 11.5. The molecule has 0 saturated carbocycles. The molecule has 5 nitrogen and oxygen atoms in total. The summed E-state index contributed by atoms with van der Waals surface area (Å²) in [5.41, 5.74) is 8.41. The number of hydrogen-bond donors (Lipinski definition) is 2. The van der Waals surface area contributed by atoms with Gasteiger partial charge in [-0.3, -0.25) is 4.79 Å². The Morgan fingerprint density at radius 3 is 2.78 bits per heavy atom. The molecule has 0 bridgehead atoms. The third kappa shape index (κ3) is 2.03. The van der Waals surface area contributed by atoms with Gasteiger partial charge in [-0.1, -0.05) is 6.92 Å². The van der Waals surface area contributed by atoms with E-state index in [4.69, 9.17) is 5.73 Å². The molecule has 0 fully saturated rings. The van der Waals surface area contributed by atoms with Gasteiger partial charge in [0.2, 0.25) is 0 Å². The molecule has 0 radical (unpaired) electrons. The Hall–Kier alpha value is -1.69. The lowest BCUT2D eigenvalue weighted by Gasteiger charge is -2.02. The minimum Gasteiger partial charge on any atom is -0.397 e. The zero-order valence-electron chi connectivity index (χ0n) is 10.7. The maximum atomic E-state index is 12.0. The van der Waals surface area contributed by atoms with Crippen molar-refractivity contribution >= 4 is 33.1 Å². The second kappa shape index (κ2) is 4.89. The molecule has 0 spiro atoms. The standard InChI is InChI=1S/C12H16N4OS/c1-4-5-14-11(17)10-9(13)8-6(2)7(3)15-16-12(8)18-10/h4-5,13H2,1-3H3,(H,14,17). The van der Waals surface area contributed by atoms with Crippen LogP contribution in [-0.2, 0) is 0 Å². The van der Waals surface area contributed by atoms with Crippen molar-refractivity contribution < 1.29 is 4.79 Å². The summed E-state index contributed by atoms with van der Waals surface area (Å²) in [7, 11) is 0. The highest BCUT2D eigenvalue weighted by atomic mass is 32.1. The molecule has 0 unspecified atom stereocenters. The number of nitrogen functional groups attached to an aromatic ring is 1. The van der Waals surface area contributed by atoms with Gasteiger partial charge in [0.05, 0.1) is 11.4 Å². The molecule has 0 aliphatic carbocycles. The molecule has 0 atom stereocenters. The van der Waals surface area contributed by atoms with Crippen LogP contribution in [0.25, 0.3) is 10.2 Å². The van der Waals surface area contributed by atoms with Crippen molar-refractivity contribution in [3.05, 3.63) is 16.1 Å². The van der Waals surface area contributed by atoms with E-state index >= 15 is 0 Å². The van der Waals surface area contributed by atoms with E-state index in [0.29, 0.717) is 17.1 Å². The number of thiophene rings is 1. The van der Waals surface area contributed by atoms with Gasteiger partial charge in [-0.2, -0.15) is 5.10 Å². The van der Waals surface area contributed by atoms with Gasteiger partial charge < -0.3 is 11.1 Å². The van der Waals surface area contributed by atoms with E-state index < -0.39 is 0 Å². The molecule has 96 valence electrons. The van der Waals surface area contributed by atoms with E-state index in [2.05, 4.69) is 15.5 Å². The lowest BCUT2D eigenvalue weighted by atomic mass is 10.1. The van der Waals surface area contributed by atoms with Gasteiger partial charge in [0.15, 0.2) is 0 Å². The fourth-order valence-corrected chi connectivity index (χ4v) is 2.75. The largest absolute Gasteiger partial charge is 0.397 e. The average Bonchev–Trinajstić information content (AvgIpc) is 2.69. The Labute approximate surface area is 109 Å². The normalized spacial score (nSPS) is 10.8. The van der Waals surface area contributed by atoms with Crippen LogP contribution >= 0.6 is 11.3 Å². The van der Waals surface area contributed by atoms with Crippen molar-refractivity contribution in [2.24, 2.45) is 0 Å². The first-order chi connectivity index (χ1) is 8.56. The quantitative estimate of drug-likeness (QED) is 0.888. The van der Waals surface area contributed by atoms with Crippen molar-refractivity contribution in [1.82, 2.24) is 15.5 Å². The number of carbonyl (C=O) groups excluding carboxylic acids is 1. The van der Waals surface area contributed by atoms with Crippen molar-refractivity contribution in [2.45, 2.75) is 27.2 Å². The molecule has 0 aliphatic heterocycles. The van der Waals surface area contributed by atoms with Crippen molar-refractivity contribution in [1.29, 1.82) is 0 Å². The maximum Gasteiger partial charge on any atom is 0.263 e. The van der Waals surface area contributed by atoms with E-state index in [1.54, 1.807) is 0 Å². The average molecular weight is 264 g/mol. The van der Waals surface area contributed by atoms with Crippen molar-refractivity contribution in [3.63, 3.8) is 0 Å². The fraction of sp³-hybridized carbons (Fsp3) is 0.417. The summed E-state index contributed by atoms with van der Waals surface area (Å²) >= 11 is 1.29. The van der Waals surface area contributed by atoms with Gasteiger partial charge in [-0.05, 0) is 25.8 Å². The molecule has 6 heteroatoms. The van der Waals surface area contributed by atoms with Crippen LogP contribution in [0.1, 0.15) is 34.3 Å². The van der Waals surface area contributed by atoms with E-state index in [0.717, 1.165) is 27.9 Å². The van der Waals surface area contributed by atoms with Crippen LogP contribution in [0.4, 0.5) is 5.69 Å². The van der Waals surface area contributed by atoms with Crippen LogP contribution in [0.3, 0.4) is 0 Å². The van der Waals surface area contributed by atoms with Gasteiger partial charge in [-0.15, -0.1) is 16.4 Å². The minimum absolute atomic E-state index is 0.130. The summed E-state index contributed by atoms with van der Waals surface area (Å²) in [4.78, 5) is 13.2. The highest BCUT2D eigenvalue weighted by molar-refractivity contribution is 7.21. The number of nitrogens with zero attached hydrogens (tertiary/aromatic N) is 2. The smallest absolute Gasteiger partial charge is 0.263 e. The van der Waals surface area contributed by atoms with Gasteiger partial charge in [0, 0.05) is 11.9 Å². The van der Waals surface area contributed by atoms with Crippen LogP contribution in [-0.4, -0.2) is 22.6 Å². The number of aryl methyl sites for hydroxylation is 2. The number of anilines is 1. The number of fused-ring (bicyclic) bond motifs is 1. The minimum atomic E-state index is -0.130. The molecule has 3 N–H and O–H groups in total. The number of nitrogens with one attached hydrogen (secondary N) is 1. The number of carbonyl (C=O) groups is 1. The first-order valence-corrected chi connectivity index (χ1v) is 6.68. The number of nitrogens with two attached hydrogens (primary N) is 1. The molecule has 0 aliphatic rings. The first-order valence-electron chi connectivity index (χ1n) is 5.86. The van der Waals surface area contributed by atoms with E-state index in [1.807, 2.05) is 20.8 Å². The first kappa shape index (κ1) is 12.8. The Morgan fingerprint density at radius 1 is 1.39 bits per heavy atom. The predicted octanol–water partition coefficient (Wildman–Crippen LogP) is 2.03. The van der Waals surface area contributed by atoms with Crippen LogP contribution in [0.5, 0.6) is 0 Å². The Morgan fingerprint density at radius 2 is 2.11 bits per heavy atom. The monoisotopic (exact) mass is 264 g/mol. The summed E-state index contributed by atoms with van der Waals surface area (Å²) in [6.45, 7) is 6.49. The Balaban J connectivity index is 2.51. The summed E-state index contributed by atoms with van der Waals surface area (Å²) in [5.74, 6) is -0.130. The molecule has 2 aromatic heterocycles.